The SMILES string of the molecule is COc1cccc(C=NNC(=O)c2sc3cc(C)ccc3c2Cl)c1. The fourth-order valence-electron chi connectivity index (χ4n) is 2.26. The first-order chi connectivity index (χ1) is 11.6. The quantitative estimate of drug-likeness (QED) is 0.545. The van der Waals surface area contributed by atoms with Gasteiger partial charge in [0.2, 0.25) is 0 Å². The standard InChI is InChI=1S/C18H15ClN2O2S/c1-11-6-7-14-15(8-11)24-17(16(14)19)18(22)21-20-10-12-4-3-5-13(9-12)23-2/h3-10H,1-2H3,(H,21,22). The van der Waals surface area contributed by atoms with Crippen molar-refractivity contribution in [3.63, 3.8) is 0 Å². The maximum absolute atomic E-state index is 12.3. The maximum atomic E-state index is 12.3. The van der Waals surface area contributed by atoms with E-state index in [1.165, 1.54) is 11.3 Å². The first kappa shape index (κ1) is 16.5. The number of amides is 1. The lowest BCUT2D eigenvalue weighted by molar-refractivity contribution is 0.0959. The van der Waals surface area contributed by atoms with E-state index < -0.39 is 0 Å². The molecule has 0 unspecified atom stereocenters. The number of methoxy groups -OCH3 is 1. The number of nitrogens with one attached hydrogen (secondary N) is 1. The van der Waals surface area contributed by atoms with E-state index in [2.05, 4.69) is 10.5 Å². The van der Waals surface area contributed by atoms with Gasteiger partial charge in [-0.2, -0.15) is 5.10 Å². The summed E-state index contributed by atoms with van der Waals surface area (Å²) in [7, 11) is 1.60. The number of thiophene rings is 1. The molecule has 2 aromatic carbocycles. The fourth-order valence-corrected chi connectivity index (χ4v) is 3.76. The van der Waals surface area contributed by atoms with Gasteiger partial charge in [0, 0.05) is 10.1 Å². The molecule has 0 saturated heterocycles. The van der Waals surface area contributed by atoms with E-state index in [0.717, 1.165) is 27.0 Å². The van der Waals surface area contributed by atoms with E-state index >= 15 is 0 Å². The van der Waals surface area contributed by atoms with Crippen LogP contribution in [-0.2, 0) is 0 Å². The Bertz CT molecular complexity index is 934. The Hall–Kier alpha value is -2.37. The van der Waals surface area contributed by atoms with Crippen LogP contribution in [0.5, 0.6) is 5.75 Å². The summed E-state index contributed by atoms with van der Waals surface area (Å²) < 4.78 is 6.13. The van der Waals surface area contributed by atoms with Crippen molar-refractivity contribution in [2.45, 2.75) is 6.92 Å². The van der Waals surface area contributed by atoms with Crippen molar-refractivity contribution < 1.29 is 9.53 Å². The van der Waals surface area contributed by atoms with Crippen LogP contribution in [0.1, 0.15) is 20.8 Å². The molecule has 1 heterocycles. The van der Waals surface area contributed by atoms with Crippen molar-refractivity contribution in [3.8, 4) is 5.75 Å². The van der Waals surface area contributed by atoms with E-state index in [1.54, 1.807) is 13.3 Å². The van der Waals surface area contributed by atoms with Crippen molar-refractivity contribution >= 4 is 45.1 Å². The Kier molecular flexibility index (Phi) is 4.83. The van der Waals surface area contributed by atoms with Crippen LogP contribution >= 0.6 is 22.9 Å². The topological polar surface area (TPSA) is 50.7 Å². The monoisotopic (exact) mass is 358 g/mol. The van der Waals surface area contributed by atoms with Crippen molar-refractivity contribution in [2.24, 2.45) is 5.10 Å². The molecule has 0 bridgehead atoms. The van der Waals surface area contributed by atoms with Crippen LogP contribution in [0.25, 0.3) is 10.1 Å². The normalized spacial score (nSPS) is 11.1. The van der Waals surface area contributed by atoms with Crippen LogP contribution < -0.4 is 10.2 Å². The third-order valence-corrected chi connectivity index (χ3v) is 5.12. The van der Waals surface area contributed by atoms with Gasteiger partial charge >= 0.3 is 0 Å². The summed E-state index contributed by atoms with van der Waals surface area (Å²) in [5.41, 5.74) is 4.47. The number of hydrazone groups is 1. The molecule has 0 aliphatic heterocycles. The van der Waals surface area contributed by atoms with Crippen LogP contribution in [0.4, 0.5) is 0 Å². The minimum Gasteiger partial charge on any atom is -0.497 e. The second-order valence-electron chi connectivity index (χ2n) is 5.22. The number of halogens is 1. The Labute approximate surface area is 148 Å². The lowest BCUT2D eigenvalue weighted by Crippen LogP contribution is -2.16. The third kappa shape index (κ3) is 3.42. The number of carbonyl (C=O) groups is 1. The summed E-state index contributed by atoms with van der Waals surface area (Å²) in [5.74, 6) is 0.409. The van der Waals surface area contributed by atoms with Gasteiger partial charge in [0.05, 0.1) is 18.3 Å². The molecule has 4 nitrogen and oxygen atoms in total. The largest absolute Gasteiger partial charge is 0.497 e. The lowest BCUT2D eigenvalue weighted by atomic mass is 10.2. The molecule has 0 radical (unpaired) electrons. The molecule has 0 spiro atoms. The molecule has 0 fully saturated rings. The average molecular weight is 359 g/mol. The summed E-state index contributed by atoms with van der Waals surface area (Å²) in [6, 6.07) is 13.3. The molecular weight excluding hydrogens is 344 g/mol. The van der Waals surface area contributed by atoms with Gasteiger partial charge in [-0.25, -0.2) is 5.43 Å². The summed E-state index contributed by atoms with van der Waals surface area (Å²) in [6.07, 6.45) is 1.56. The Balaban J connectivity index is 1.77. The summed E-state index contributed by atoms with van der Waals surface area (Å²) in [5, 5.41) is 5.34. The van der Waals surface area contributed by atoms with Crippen molar-refractivity contribution in [2.75, 3.05) is 7.11 Å². The summed E-state index contributed by atoms with van der Waals surface area (Å²) in [4.78, 5) is 12.8. The zero-order valence-corrected chi connectivity index (χ0v) is 14.7. The highest BCUT2D eigenvalue weighted by molar-refractivity contribution is 7.21. The van der Waals surface area contributed by atoms with Gasteiger partial charge in [-0.15, -0.1) is 11.3 Å². The Morgan fingerprint density at radius 3 is 2.92 bits per heavy atom. The molecule has 3 aromatic rings. The molecule has 1 amide bonds. The first-order valence-electron chi connectivity index (χ1n) is 7.24. The fraction of sp³-hybridized carbons (Fsp3) is 0.111. The molecule has 0 saturated carbocycles. The highest BCUT2D eigenvalue weighted by atomic mass is 35.5. The molecule has 1 N–H and O–H groups in total. The van der Waals surface area contributed by atoms with Gasteiger partial charge in [-0.05, 0) is 36.2 Å². The van der Waals surface area contributed by atoms with Gasteiger partial charge in [-0.1, -0.05) is 35.9 Å². The zero-order valence-electron chi connectivity index (χ0n) is 13.2. The number of aryl methyl sites for hydroxylation is 1. The molecule has 0 aliphatic carbocycles. The number of hydrogen-bond donors (Lipinski definition) is 1. The van der Waals surface area contributed by atoms with E-state index in [9.17, 15) is 4.79 Å². The first-order valence-corrected chi connectivity index (χ1v) is 8.44. The Morgan fingerprint density at radius 1 is 1.29 bits per heavy atom. The van der Waals surface area contributed by atoms with Crippen LogP contribution in [-0.4, -0.2) is 19.2 Å². The highest BCUT2D eigenvalue weighted by Crippen LogP contribution is 2.35. The highest BCUT2D eigenvalue weighted by Gasteiger charge is 2.16. The summed E-state index contributed by atoms with van der Waals surface area (Å²) in [6.45, 7) is 2.01. The molecule has 0 atom stereocenters. The van der Waals surface area contributed by atoms with Crippen molar-refractivity contribution in [1.82, 2.24) is 5.43 Å². The van der Waals surface area contributed by atoms with E-state index in [-0.39, 0.29) is 5.91 Å². The number of fused-ring (bicyclic) bond motifs is 1. The zero-order chi connectivity index (χ0) is 17.1. The molecule has 0 aliphatic rings. The van der Waals surface area contributed by atoms with Crippen LogP contribution in [0.15, 0.2) is 47.6 Å². The van der Waals surface area contributed by atoms with E-state index in [1.807, 2.05) is 49.4 Å². The minimum atomic E-state index is -0.321. The molecule has 122 valence electrons. The minimum absolute atomic E-state index is 0.321. The van der Waals surface area contributed by atoms with Crippen LogP contribution in [0.2, 0.25) is 5.02 Å². The van der Waals surface area contributed by atoms with Crippen LogP contribution in [0.3, 0.4) is 0 Å². The van der Waals surface area contributed by atoms with Gasteiger partial charge in [-0.3, -0.25) is 4.79 Å². The third-order valence-electron chi connectivity index (χ3n) is 3.46. The van der Waals surface area contributed by atoms with Gasteiger partial charge in [0.15, 0.2) is 0 Å². The van der Waals surface area contributed by atoms with Gasteiger partial charge in [0.25, 0.3) is 5.91 Å². The number of hydrogen-bond acceptors (Lipinski definition) is 4. The smallest absolute Gasteiger partial charge is 0.283 e. The van der Waals surface area contributed by atoms with E-state index in [4.69, 9.17) is 16.3 Å². The second-order valence-corrected chi connectivity index (χ2v) is 6.65. The molecular formula is C18H15ClN2O2S. The molecule has 6 heteroatoms. The molecule has 24 heavy (non-hydrogen) atoms. The number of rotatable bonds is 4. The summed E-state index contributed by atoms with van der Waals surface area (Å²) >= 11 is 7.68. The predicted molar refractivity (Wildman–Crippen MR) is 99.6 cm³/mol. The van der Waals surface area contributed by atoms with Gasteiger partial charge < -0.3 is 4.74 Å². The van der Waals surface area contributed by atoms with Crippen LogP contribution in [0, 0.1) is 6.92 Å². The molecule has 1 aromatic heterocycles. The number of ether oxygens (including phenoxy) is 1. The lowest BCUT2D eigenvalue weighted by Gasteiger charge is -2.00. The maximum Gasteiger partial charge on any atom is 0.283 e. The number of nitrogens with zero attached hydrogens (tertiary/aromatic N) is 1. The van der Waals surface area contributed by atoms with Crippen molar-refractivity contribution in [3.05, 3.63) is 63.5 Å². The second kappa shape index (κ2) is 7.03. The number of benzene rings is 2. The number of carbonyl (C=O) groups excluding carboxylic acids is 1. The average Bonchev–Trinajstić information content (AvgIpc) is 2.91. The van der Waals surface area contributed by atoms with E-state index in [0.29, 0.717) is 9.90 Å². The van der Waals surface area contributed by atoms with Crippen molar-refractivity contribution in [1.29, 1.82) is 0 Å². The van der Waals surface area contributed by atoms with Gasteiger partial charge in [0.1, 0.15) is 10.6 Å². The molecule has 3 rings (SSSR count). The predicted octanol–water partition coefficient (Wildman–Crippen LogP) is 4.64. The Morgan fingerprint density at radius 2 is 2.12 bits per heavy atom.